The van der Waals surface area contributed by atoms with Gasteiger partial charge in [0.05, 0.1) is 0 Å². The Morgan fingerprint density at radius 3 is 2.58 bits per heavy atom. The minimum Gasteiger partial charge on any atom is -0.348 e. The predicted molar refractivity (Wildman–Crippen MR) is 91.7 cm³/mol. The van der Waals surface area contributed by atoms with Gasteiger partial charge >= 0.3 is 0 Å². The Morgan fingerprint density at radius 2 is 1.92 bits per heavy atom. The number of amides is 1. The highest BCUT2D eigenvalue weighted by Gasteiger charge is 2.10. The largest absolute Gasteiger partial charge is 0.348 e. The molecule has 1 amide bonds. The summed E-state index contributed by atoms with van der Waals surface area (Å²) in [5.41, 5.74) is 2.24. The molecule has 0 atom stereocenters. The van der Waals surface area contributed by atoms with E-state index in [9.17, 15) is 4.79 Å². The molecular weight excluding hydrogens is 326 g/mol. The third-order valence-electron chi connectivity index (χ3n) is 3.57. The van der Waals surface area contributed by atoms with E-state index in [1.54, 1.807) is 30.3 Å². The summed E-state index contributed by atoms with van der Waals surface area (Å²) in [5.74, 6) is 0.949. The van der Waals surface area contributed by atoms with Gasteiger partial charge in [0.2, 0.25) is 11.7 Å². The predicted octanol–water partition coefficient (Wildman–Crippen LogP) is 3.88. The first kappa shape index (κ1) is 16.2. The van der Waals surface area contributed by atoms with Crippen molar-refractivity contribution in [1.29, 1.82) is 0 Å². The first-order chi connectivity index (χ1) is 11.7. The summed E-state index contributed by atoms with van der Waals surface area (Å²) in [6.07, 6.45) is 0.690. The summed E-state index contributed by atoms with van der Waals surface area (Å²) < 4.78 is 5.09. The van der Waals surface area contributed by atoms with Crippen LogP contribution in [0.15, 0.2) is 53.1 Å². The zero-order valence-electron chi connectivity index (χ0n) is 13.1. The van der Waals surface area contributed by atoms with E-state index in [0.29, 0.717) is 35.3 Å². The second-order valence-corrected chi connectivity index (χ2v) is 5.62. The van der Waals surface area contributed by atoms with Gasteiger partial charge in [-0.3, -0.25) is 4.79 Å². The standard InChI is InChI=1S/C18H16ClN3O2/c1-2-16-21-17(22-24-16)12-7-9-13(10-8-12)18(23)20-11-14-5-3-4-6-15(14)19/h3-10H,2,11H2,1H3,(H,20,23). The Hall–Kier alpha value is -2.66. The van der Waals surface area contributed by atoms with Gasteiger partial charge in [0.15, 0.2) is 0 Å². The highest BCUT2D eigenvalue weighted by Crippen LogP contribution is 2.17. The van der Waals surface area contributed by atoms with Crippen molar-refractivity contribution < 1.29 is 9.32 Å². The van der Waals surface area contributed by atoms with Crippen LogP contribution in [0.4, 0.5) is 0 Å². The van der Waals surface area contributed by atoms with E-state index in [1.807, 2.05) is 25.1 Å². The normalized spacial score (nSPS) is 10.6. The highest BCUT2D eigenvalue weighted by molar-refractivity contribution is 6.31. The van der Waals surface area contributed by atoms with Gasteiger partial charge in [0.25, 0.3) is 5.91 Å². The Kier molecular flexibility index (Phi) is 4.91. The molecule has 3 aromatic rings. The van der Waals surface area contributed by atoms with Gasteiger partial charge in [-0.15, -0.1) is 0 Å². The lowest BCUT2D eigenvalue weighted by Crippen LogP contribution is -2.22. The summed E-state index contributed by atoms with van der Waals surface area (Å²) in [7, 11) is 0. The zero-order chi connectivity index (χ0) is 16.9. The lowest BCUT2D eigenvalue weighted by Gasteiger charge is -2.07. The lowest BCUT2D eigenvalue weighted by molar-refractivity contribution is 0.0951. The molecular formula is C18H16ClN3O2. The number of carbonyl (C=O) groups excluding carboxylic acids is 1. The molecule has 0 aliphatic rings. The van der Waals surface area contributed by atoms with Crippen molar-refractivity contribution in [2.75, 3.05) is 0 Å². The van der Waals surface area contributed by atoms with Crippen LogP contribution >= 0.6 is 11.6 Å². The number of aromatic nitrogens is 2. The van der Waals surface area contributed by atoms with Gasteiger partial charge in [-0.1, -0.05) is 54.0 Å². The molecule has 122 valence electrons. The molecule has 0 saturated heterocycles. The van der Waals surface area contributed by atoms with E-state index in [-0.39, 0.29) is 5.91 Å². The van der Waals surface area contributed by atoms with E-state index in [2.05, 4.69) is 15.5 Å². The molecule has 2 aromatic carbocycles. The smallest absolute Gasteiger partial charge is 0.251 e. The molecule has 0 aliphatic carbocycles. The molecule has 0 unspecified atom stereocenters. The number of nitrogens with one attached hydrogen (secondary N) is 1. The van der Waals surface area contributed by atoms with Crippen molar-refractivity contribution in [3.8, 4) is 11.4 Å². The Morgan fingerprint density at radius 1 is 1.17 bits per heavy atom. The number of nitrogens with zero attached hydrogens (tertiary/aromatic N) is 2. The van der Waals surface area contributed by atoms with Crippen LogP contribution in [0.2, 0.25) is 5.02 Å². The summed E-state index contributed by atoms with van der Waals surface area (Å²) in [4.78, 5) is 16.5. The van der Waals surface area contributed by atoms with Gasteiger partial charge in [-0.2, -0.15) is 4.98 Å². The van der Waals surface area contributed by atoms with Gasteiger partial charge in [0, 0.05) is 29.1 Å². The summed E-state index contributed by atoms with van der Waals surface area (Å²) in [6, 6.07) is 14.5. The van der Waals surface area contributed by atoms with Crippen molar-refractivity contribution in [3.63, 3.8) is 0 Å². The fourth-order valence-electron chi connectivity index (χ4n) is 2.21. The molecule has 0 aliphatic heterocycles. The van der Waals surface area contributed by atoms with Crippen LogP contribution < -0.4 is 5.32 Å². The van der Waals surface area contributed by atoms with Gasteiger partial charge in [-0.25, -0.2) is 0 Å². The van der Waals surface area contributed by atoms with E-state index < -0.39 is 0 Å². The number of carbonyl (C=O) groups is 1. The maximum absolute atomic E-state index is 12.2. The number of aryl methyl sites for hydroxylation is 1. The third kappa shape index (κ3) is 3.63. The molecule has 0 fully saturated rings. The van der Waals surface area contributed by atoms with Gasteiger partial charge in [0.1, 0.15) is 0 Å². The molecule has 0 saturated carbocycles. The molecule has 0 radical (unpaired) electrons. The van der Waals surface area contributed by atoms with Crippen molar-refractivity contribution in [1.82, 2.24) is 15.5 Å². The molecule has 3 rings (SSSR count). The van der Waals surface area contributed by atoms with E-state index in [1.165, 1.54) is 0 Å². The second kappa shape index (κ2) is 7.27. The average Bonchev–Trinajstić information content (AvgIpc) is 3.10. The summed E-state index contributed by atoms with van der Waals surface area (Å²) in [5, 5.41) is 7.41. The van der Waals surface area contributed by atoms with Crippen molar-refractivity contribution in [2.24, 2.45) is 0 Å². The first-order valence-corrected chi connectivity index (χ1v) is 8.00. The number of rotatable bonds is 5. The molecule has 1 N–H and O–H groups in total. The highest BCUT2D eigenvalue weighted by atomic mass is 35.5. The molecule has 1 aromatic heterocycles. The molecule has 6 heteroatoms. The quantitative estimate of drug-likeness (QED) is 0.764. The molecule has 1 heterocycles. The second-order valence-electron chi connectivity index (χ2n) is 5.22. The fraction of sp³-hybridized carbons (Fsp3) is 0.167. The Bertz CT molecular complexity index is 843. The summed E-state index contributed by atoms with van der Waals surface area (Å²) in [6.45, 7) is 2.33. The molecule has 24 heavy (non-hydrogen) atoms. The maximum atomic E-state index is 12.2. The van der Waals surface area contributed by atoms with Crippen LogP contribution in [-0.4, -0.2) is 16.0 Å². The van der Waals surface area contributed by atoms with Crippen molar-refractivity contribution in [3.05, 3.63) is 70.6 Å². The van der Waals surface area contributed by atoms with Crippen molar-refractivity contribution >= 4 is 17.5 Å². The van der Waals surface area contributed by atoms with Crippen LogP contribution in [0.25, 0.3) is 11.4 Å². The van der Waals surface area contributed by atoms with Gasteiger partial charge < -0.3 is 9.84 Å². The van der Waals surface area contributed by atoms with Crippen LogP contribution in [0.3, 0.4) is 0 Å². The molecule has 0 spiro atoms. The van der Waals surface area contributed by atoms with Crippen molar-refractivity contribution in [2.45, 2.75) is 19.9 Å². The number of halogens is 1. The maximum Gasteiger partial charge on any atom is 0.251 e. The number of hydrogen-bond donors (Lipinski definition) is 1. The van der Waals surface area contributed by atoms with Crippen LogP contribution in [0.5, 0.6) is 0 Å². The topological polar surface area (TPSA) is 68.0 Å². The van der Waals surface area contributed by atoms with Crippen LogP contribution in [-0.2, 0) is 13.0 Å². The Labute approximate surface area is 144 Å². The molecule has 5 nitrogen and oxygen atoms in total. The minimum absolute atomic E-state index is 0.163. The molecule has 0 bridgehead atoms. The van der Waals surface area contributed by atoms with Crippen LogP contribution in [0, 0.1) is 0 Å². The third-order valence-corrected chi connectivity index (χ3v) is 3.94. The SMILES string of the molecule is CCc1nc(-c2ccc(C(=O)NCc3ccccc3Cl)cc2)no1. The lowest BCUT2D eigenvalue weighted by atomic mass is 10.1. The first-order valence-electron chi connectivity index (χ1n) is 7.62. The average molecular weight is 342 g/mol. The van der Waals surface area contributed by atoms with Gasteiger partial charge in [-0.05, 0) is 23.8 Å². The summed E-state index contributed by atoms with van der Waals surface area (Å²) >= 11 is 6.08. The number of benzene rings is 2. The monoisotopic (exact) mass is 341 g/mol. The van der Waals surface area contributed by atoms with Crippen LogP contribution in [0.1, 0.15) is 28.7 Å². The minimum atomic E-state index is -0.163. The Balaban J connectivity index is 1.66. The van der Waals surface area contributed by atoms with E-state index in [4.69, 9.17) is 16.1 Å². The van der Waals surface area contributed by atoms with E-state index >= 15 is 0 Å². The van der Waals surface area contributed by atoms with E-state index in [0.717, 1.165) is 11.1 Å². The number of hydrogen-bond acceptors (Lipinski definition) is 4. The zero-order valence-corrected chi connectivity index (χ0v) is 13.9. The fourth-order valence-corrected chi connectivity index (χ4v) is 2.41.